The molecule has 2 rings (SSSR count). The molecule has 2 aromatic rings. The molecule has 0 aliphatic rings. The van der Waals surface area contributed by atoms with E-state index in [1.807, 2.05) is 0 Å². The Balaban J connectivity index is 2.04. The lowest BCUT2D eigenvalue weighted by atomic mass is 10.3. The van der Waals surface area contributed by atoms with E-state index >= 15 is 0 Å². The van der Waals surface area contributed by atoms with E-state index in [0.717, 1.165) is 6.07 Å². The summed E-state index contributed by atoms with van der Waals surface area (Å²) in [4.78, 5) is 23.4. The second-order valence-corrected chi connectivity index (χ2v) is 4.46. The number of anilines is 2. The van der Waals surface area contributed by atoms with Crippen molar-refractivity contribution in [2.24, 2.45) is 0 Å². The van der Waals surface area contributed by atoms with Gasteiger partial charge in [0.05, 0.1) is 10.7 Å². The SMILES string of the molecule is O=C(Nc1ccc(F)c(Cl)c1)C(=O)Nc1ccccc1O. The number of nitrogens with one attached hydrogen (secondary N) is 2. The maximum absolute atomic E-state index is 13.0. The van der Waals surface area contributed by atoms with Gasteiger partial charge in [0.2, 0.25) is 0 Å². The van der Waals surface area contributed by atoms with E-state index < -0.39 is 17.6 Å². The molecule has 21 heavy (non-hydrogen) atoms. The van der Waals surface area contributed by atoms with Crippen LogP contribution in [0.15, 0.2) is 42.5 Å². The summed E-state index contributed by atoms with van der Waals surface area (Å²) in [6, 6.07) is 9.49. The third-order valence-corrected chi connectivity index (χ3v) is 2.83. The van der Waals surface area contributed by atoms with Crippen LogP contribution in [0.5, 0.6) is 5.75 Å². The number of benzene rings is 2. The Bertz CT molecular complexity index is 706. The molecule has 0 bridgehead atoms. The van der Waals surface area contributed by atoms with Crippen LogP contribution >= 0.6 is 11.6 Å². The zero-order chi connectivity index (χ0) is 15.4. The lowest BCUT2D eigenvalue weighted by molar-refractivity contribution is -0.133. The highest BCUT2D eigenvalue weighted by molar-refractivity contribution is 6.44. The second kappa shape index (κ2) is 6.23. The van der Waals surface area contributed by atoms with Gasteiger partial charge in [0.1, 0.15) is 11.6 Å². The average molecular weight is 309 g/mol. The molecule has 0 atom stereocenters. The van der Waals surface area contributed by atoms with Crippen molar-refractivity contribution < 1.29 is 19.1 Å². The quantitative estimate of drug-likeness (QED) is 0.589. The number of halogens is 2. The van der Waals surface area contributed by atoms with Gasteiger partial charge in [-0.15, -0.1) is 0 Å². The molecular weight excluding hydrogens is 299 g/mol. The molecule has 2 aromatic carbocycles. The minimum Gasteiger partial charge on any atom is -0.506 e. The molecule has 0 aromatic heterocycles. The smallest absolute Gasteiger partial charge is 0.314 e. The van der Waals surface area contributed by atoms with E-state index in [2.05, 4.69) is 10.6 Å². The summed E-state index contributed by atoms with van der Waals surface area (Å²) in [6.45, 7) is 0. The van der Waals surface area contributed by atoms with Crippen molar-refractivity contribution in [1.82, 2.24) is 0 Å². The first-order chi connectivity index (χ1) is 9.97. The lowest BCUT2D eigenvalue weighted by Crippen LogP contribution is -2.29. The Morgan fingerprint density at radius 1 is 1.05 bits per heavy atom. The van der Waals surface area contributed by atoms with Crippen LogP contribution in [0.25, 0.3) is 0 Å². The van der Waals surface area contributed by atoms with E-state index in [4.69, 9.17) is 11.6 Å². The van der Waals surface area contributed by atoms with Crippen LogP contribution in [0.2, 0.25) is 5.02 Å². The molecule has 0 saturated heterocycles. The Morgan fingerprint density at radius 2 is 1.71 bits per heavy atom. The molecular formula is C14H10ClFN2O3. The first kappa shape index (κ1) is 14.8. The number of phenolic OH excluding ortho intramolecular Hbond substituents is 1. The molecule has 0 radical (unpaired) electrons. The summed E-state index contributed by atoms with van der Waals surface area (Å²) in [5.41, 5.74) is 0.286. The van der Waals surface area contributed by atoms with Crippen molar-refractivity contribution in [3.63, 3.8) is 0 Å². The molecule has 5 nitrogen and oxygen atoms in total. The number of para-hydroxylation sites is 2. The number of aromatic hydroxyl groups is 1. The minimum atomic E-state index is -0.975. The van der Waals surface area contributed by atoms with Gasteiger partial charge in [0.25, 0.3) is 0 Å². The minimum absolute atomic E-state index is 0.106. The molecule has 0 aliphatic heterocycles. The van der Waals surface area contributed by atoms with E-state index in [1.54, 1.807) is 12.1 Å². The molecule has 7 heteroatoms. The van der Waals surface area contributed by atoms with Crippen LogP contribution < -0.4 is 10.6 Å². The summed E-state index contributed by atoms with van der Waals surface area (Å²) in [7, 11) is 0. The third-order valence-electron chi connectivity index (χ3n) is 2.54. The standard InChI is InChI=1S/C14H10ClFN2O3/c15-9-7-8(5-6-10(9)16)17-13(20)14(21)18-11-3-1-2-4-12(11)19/h1-7,19H,(H,17,20)(H,18,21). The van der Waals surface area contributed by atoms with Crippen molar-refractivity contribution in [3.05, 3.63) is 53.3 Å². The Labute approximate surface area is 124 Å². The zero-order valence-corrected chi connectivity index (χ0v) is 11.3. The van der Waals surface area contributed by atoms with Gasteiger partial charge in [-0.3, -0.25) is 9.59 Å². The van der Waals surface area contributed by atoms with Gasteiger partial charge in [-0.25, -0.2) is 4.39 Å². The fourth-order valence-corrected chi connectivity index (χ4v) is 1.70. The van der Waals surface area contributed by atoms with E-state index in [-0.39, 0.29) is 22.1 Å². The molecule has 0 aliphatic carbocycles. The van der Waals surface area contributed by atoms with Crippen LogP contribution in [0.3, 0.4) is 0 Å². The maximum atomic E-state index is 13.0. The Hall–Kier alpha value is -2.60. The Kier molecular flexibility index (Phi) is 4.39. The second-order valence-electron chi connectivity index (χ2n) is 4.05. The van der Waals surface area contributed by atoms with Gasteiger partial charge in [-0.2, -0.15) is 0 Å². The maximum Gasteiger partial charge on any atom is 0.314 e. The fraction of sp³-hybridized carbons (Fsp3) is 0. The third kappa shape index (κ3) is 3.70. The highest BCUT2D eigenvalue weighted by Gasteiger charge is 2.16. The molecule has 0 unspecified atom stereocenters. The van der Waals surface area contributed by atoms with Crippen molar-refractivity contribution in [3.8, 4) is 5.75 Å². The van der Waals surface area contributed by atoms with Gasteiger partial charge in [0.15, 0.2) is 0 Å². The largest absolute Gasteiger partial charge is 0.506 e. The number of carbonyl (C=O) groups is 2. The van der Waals surface area contributed by atoms with Crippen LogP contribution in [0, 0.1) is 5.82 Å². The summed E-state index contributed by atoms with van der Waals surface area (Å²) in [5, 5.41) is 13.8. The van der Waals surface area contributed by atoms with E-state index in [0.29, 0.717) is 0 Å². The number of carbonyl (C=O) groups excluding carboxylic acids is 2. The zero-order valence-electron chi connectivity index (χ0n) is 10.6. The number of hydrogen-bond donors (Lipinski definition) is 3. The fourth-order valence-electron chi connectivity index (χ4n) is 1.52. The first-order valence-electron chi connectivity index (χ1n) is 5.83. The van der Waals surface area contributed by atoms with Crippen LogP contribution in [0.1, 0.15) is 0 Å². The Morgan fingerprint density at radius 3 is 2.38 bits per heavy atom. The predicted molar refractivity (Wildman–Crippen MR) is 76.8 cm³/mol. The molecule has 0 saturated carbocycles. The molecule has 108 valence electrons. The van der Waals surface area contributed by atoms with Crippen molar-refractivity contribution in [1.29, 1.82) is 0 Å². The monoisotopic (exact) mass is 308 g/mol. The van der Waals surface area contributed by atoms with Gasteiger partial charge < -0.3 is 15.7 Å². The number of phenols is 1. The first-order valence-corrected chi connectivity index (χ1v) is 6.20. The number of hydrogen-bond acceptors (Lipinski definition) is 3. The highest BCUT2D eigenvalue weighted by atomic mass is 35.5. The number of rotatable bonds is 2. The predicted octanol–water partition coefficient (Wildman–Crippen LogP) is 2.76. The molecule has 0 spiro atoms. The lowest BCUT2D eigenvalue weighted by Gasteiger charge is -2.08. The van der Waals surface area contributed by atoms with Gasteiger partial charge in [0, 0.05) is 5.69 Å². The molecule has 3 N–H and O–H groups in total. The van der Waals surface area contributed by atoms with Crippen LogP contribution in [0.4, 0.5) is 15.8 Å². The summed E-state index contributed by atoms with van der Waals surface area (Å²) < 4.78 is 13.0. The van der Waals surface area contributed by atoms with Crippen molar-refractivity contribution in [2.45, 2.75) is 0 Å². The van der Waals surface area contributed by atoms with E-state index in [1.165, 1.54) is 24.3 Å². The average Bonchev–Trinajstić information content (AvgIpc) is 2.45. The van der Waals surface area contributed by atoms with Gasteiger partial charge in [-0.1, -0.05) is 23.7 Å². The van der Waals surface area contributed by atoms with Crippen molar-refractivity contribution >= 4 is 34.8 Å². The van der Waals surface area contributed by atoms with Crippen LogP contribution in [-0.4, -0.2) is 16.9 Å². The molecule has 0 heterocycles. The number of amides is 2. The van der Waals surface area contributed by atoms with Gasteiger partial charge in [-0.05, 0) is 30.3 Å². The van der Waals surface area contributed by atoms with Crippen LogP contribution in [-0.2, 0) is 9.59 Å². The summed E-state index contributed by atoms with van der Waals surface area (Å²) >= 11 is 5.57. The summed E-state index contributed by atoms with van der Waals surface area (Å²) in [6.07, 6.45) is 0. The van der Waals surface area contributed by atoms with E-state index in [9.17, 15) is 19.1 Å². The molecule has 2 amide bonds. The topological polar surface area (TPSA) is 78.4 Å². The summed E-state index contributed by atoms with van der Waals surface area (Å²) in [5.74, 6) is -2.74. The van der Waals surface area contributed by atoms with Gasteiger partial charge >= 0.3 is 11.8 Å². The van der Waals surface area contributed by atoms with Crippen molar-refractivity contribution in [2.75, 3.05) is 10.6 Å². The normalized spacial score (nSPS) is 10.0. The molecule has 0 fully saturated rings. The highest BCUT2D eigenvalue weighted by Crippen LogP contribution is 2.22.